The Morgan fingerprint density at radius 1 is 1.33 bits per heavy atom. The third-order valence-corrected chi connectivity index (χ3v) is 3.74. The molecule has 3 heteroatoms. The summed E-state index contributed by atoms with van der Waals surface area (Å²) in [5, 5.41) is 6.20. The average Bonchev–Trinajstić information content (AvgIpc) is 2.68. The highest BCUT2D eigenvalue weighted by molar-refractivity contribution is 5.99. The molecule has 0 saturated heterocycles. The summed E-state index contributed by atoms with van der Waals surface area (Å²) in [4.78, 5) is 12.2. The molecule has 1 aliphatic rings. The van der Waals surface area contributed by atoms with Crippen molar-refractivity contribution in [3.63, 3.8) is 0 Å². The maximum atomic E-state index is 12.2. The van der Waals surface area contributed by atoms with Crippen LogP contribution < -0.4 is 10.6 Å². The van der Waals surface area contributed by atoms with Gasteiger partial charge in [0.05, 0.1) is 5.56 Å². The Hall–Kier alpha value is -1.51. The molecule has 0 heterocycles. The zero-order chi connectivity index (χ0) is 13.2. The van der Waals surface area contributed by atoms with Gasteiger partial charge in [-0.05, 0) is 36.8 Å². The Morgan fingerprint density at radius 3 is 2.67 bits per heavy atom. The third-order valence-electron chi connectivity index (χ3n) is 3.74. The molecule has 0 radical (unpaired) electrons. The SMILES string of the molecule is CNc1ccccc1C(=O)NC1CCC(C)(C)C1. The van der Waals surface area contributed by atoms with E-state index in [1.165, 1.54) is 6.42 Å². The second-order valence-electron chi connectivity index (χ2n) is 5.87. The molecule has 0 bridgehead atoms. The summed E-state index contributed by atoms with van der Waals surface area (Å²) in [6.07, 6.45) is 3.34. The lowest BCUT2D eigenvalue weighted by atomic mass is 9.92. The number of para-hydroxylation sites is 1. The number of hydrogen-bond acceptors (Lipinski definition) is 2. The molecule has 18 heavy (non-hydrogen) atoms. The van der Waals surface area contributed by atoms with Crippen LogP contribution in [0.1, 0.15) is 43.5 Å². The van der Waals surface area contributed by atoms with Gasteiger partial charge in [-0.25, -0.2) is 0 Å². The number of anilines is 1. The minimum Gasteiger partial charge on any atom is -0.387 e. The zero-order valence-corrected chi connectivity index (χ0v) is 11.4. The molecule has 0 aliphatic heterocycles. The van der Waals surface area contributed by atoms with Crippen molar-refractivity contribution in [2.45, 2.75) is 39.2 Å². The van der Waals surface area contributed by atoms with Crippen molar-refractivity contribution in [3.8, 4) is 0 Å². The number of rotatable bonds is 3. The molecule has 1 aromatic rings. The van der Waals surface area contributed by atoms with Crippen LogP contribution in [0.5, 0.6) is 0 Å². The van der Waals surface area contributed by atoms with E-state index in [9.17, 15) is 4.79 Å². The summed E-state index contributed by atoms with van der Waals surface area (Å²) < 4.78 is 0. The van der Waals surface area contributed by atoms with Crippen LogP contribution in [-0.4, -0.2) is 19.0 Å². The van der Waals surface area contributed by atoms with Crippen LogP contribution >= 0.6 is 0 Å². The van der Waals surface area contributed by atoms with Crippen molar-refractivity contribution in [2.75, 3.05) is 12.4 Å². The molecule has 1 saturated carbocycles. The summed E-state index contributed by atoms with van der Waals surface area (Å²) in [5.41, 5.74) is 1.97. The Balaban J connectivity index is 2.04. The maximum Gasteiger partial charge on any atom is 0.253 e. The molecule has 0 spiro atoms. The van der Waals surface area contributed by atoms with Crippen molar-refractivity contribution in [1.29, 1.82) is 0 Å². The van der Waals surface area contributed by atoms with Gasteiger partial charge in [0.25, 0.3) is 5.91 Å². The lowest BCUT2D eigenvalue weighted by Crippen LogP contribution is -2.33. The number of benzene rings is 1. The fourth-order valence-electron chi connectivity index (χ4n) is 2.72. The van der Waals surface area contributed by atoms with Crippen LogP contribution in [0.3, 0.4) is 0 Å². The first kappa shape index (κ1) is 12.9. The minimum absolute atomic E-state index is 0.0302. The van der Waals surface area contributed by atoms with Crippen molar-refractivity contribution < 1.29 is 4.79 Å². The number of carbonyl (C=O) groups excluding carboxylic acids is 1. The Kier molecular flexibility index (Phi) is 3.60. The van der Waals surface area contributed by atoms with Crippen molar-refractivity contribution in [1.82, 2.24) is 5.32 Å². The highest BCUT2D eigenvalue weighted by atomic mass is 16.1. The van der Waals surface area contributed by atoms with Gasteiger partial charge in [-0.1, -0.05) is 26.0 Å². The van der Waals surface area contributed by atoms with Gasteiger partial charge in [-0.3, -0.25) is 4.79 Å². The van der Waals surface area contributed by atoms with E-state index in [1.54, 1.807) is 0 Å². The lowest BCUT2D eigenvalue weighted by molar-refractivity contribution is 0.0937. The zero-order valence-electron chi connectivity index (χ0n) is 11.4. The van der Waals surface area contributed by atoms with E-state index in [4.69, 9.17) is 0 Å². The predicted octanol–water partition coefficient (Wildman–Crippen LogP) is 3.04. The molecule has 1 aliphatic carbocycles. The first-order chi connectivity index (χ1) is 8.52. The Morgan fingerprint density at radius 2 is 2.06 bits per heavy atom. The van der Waals surface area contributed by atoms with Gasteiger partial charge in [-0.15, -0.1) is 0 Å². The van der Waals surface area contributed by atoms with Gasteiger partial charge in [0.2, 0.25) is 0 Å². The molecular weight excluding hydrogens is 224 g/mol. The van der Waals surface area contributed by atoms with Gasteiger partial charge in [0.15, 0.2) is 0 Å². The molecular formula is C15H22N2O. The van der Waals surface area contributed by atoms with E-state index in [0.717, 1.165) is 24.1 Å². The van der Waals surface area contributed by atoms with Crippen molar-refractivity contribution >= 4 is 11.6 Å². The normalized spacial score (nSPS) is 21.6. The minimum atomic E-state index is 0.0302. The van der Waals surface area contributed by atoms with Crippen LogP contribution in [0, 0.1) is 5.41 Å². The number of carbonyl (C=O) groups is 1. The van der Waals surface area contributed by atoms with Gasteiger partial charge >= 0.3 is 0 Å². The molecule has 98 valence electrons. The molecule has 1 unspecified atom stereocenters. The quantitative estimate of drug-likeness (QED) is 0.860. The molecule has 1 fully saturated rings. The summed E-state index contributed by atoms with van der Waals surface area (Å²) >= 11 is 0. The Labute approximate surface area is 109 Å². The highest BCUT2D eigenvalue weighted by Gasteiger charge is 2.31. The van der Waals surface area contributed by atoms with Crippen molar-refractivity contribution in [3.05, 3.63) is 29.8 Å². The lowest BCUT2D eigenvalue weighted by Gasteiger charge is -2.18. The standard InChI is InChI=1S/C15H22N2O/c1-15(2)9-8-11(10-15)17-14(18)12-6-4-5-7-13(12)16-3/h4-7,11,16H,8-10H2,1-3H3,(H,17,18). The topological polar surface area (TPSA) is 41.1 Å². The largest absolute Gasteiger partial charge is 0.387 e. The van der Waals surface area contributed by atoms with E-state index in [1.807, 2.05) is 31.3 Å². The molecule has 1 amide bonds. The number of nitrogens with one attached hydrogen (secondary N) is 2. The van der Waals surface area contributed by atoms with Gasteiger partial charge in [-0.2, -0.15) is 0 Å². The van der Waals surface area contributed by atoms with Gasteiger partial charge in [0, 0.05) is 18.8 Å². The van der Waals surface area contributed by atoms with Crippen molar-refractivity contribution in [2.24, 2.45) is 5.41 Å². The molecule has 2 N–H and O–H groups in total. The fraction of sp³-hybridized carbons (Fsp3) is 0.533. The summed E-state index contributed by atoms with van der Waals surface area (Å²) in [6.45, 7) is 4.53. The van der Waals surface area contributed by atoms with Crippen LogP contribution in [0.25, 0.3) is 0 Å². The molecule has 1 atom stereocenters. The van der Waals surface area contributed by atoms with E-state index >= 15 is 0 Å². The van der Waals surface area contributed by atoms with Gasteiger partial charge in [0.1, 0.15) is 0 Å². The van der Waals surface area contributed by atoms with Crippen LogP contribution in [-0.2, 0) is 0 Å². The summed E-state index contributed by atoms with van der Waals surface area (Å²) in [7, 11) is 1.84. The van der Waals surface area contributed by atoms with E-state index in [2.05, 4.69) is 24.5 Å². The average molecular weight is 246 g/mol. The fourth-order valence-corrected chi connectivity index (χ4v) is 2.72. The molecule has 1 aromatic carbocycles. The molecule has 3 nitrogen and oxygen atoms in total. The van der Waals surface area contributed by atoms with E-state index in [-0.39, 0.29) is 5.91 Å². The summed E-state index contributed by atoms with van der Waals surface area (Å²) in [5.74, 6) is 0.0302. The molecule has 2 rings (SSSR count). The van der Waals surface area contributed by atoms with Crippen LogP contribution in [0.15, 0.2) is 24.3 Å². The second-order valence-corrected chi connectivity index (χ2v) is 5.87. The number of hydrogen-bond donors (Lipinski definition) is 2. The molecule has 0 aromatic heterocycles. The third kappa shape index (κ3) is 2.84. The van der Waals surface area contributed by atoms with Crippen LogP contribution in [0.2, 0.25) is 0 Å². The predicted molar refractivity (Wildman–Crippen MR) is 74.9 cm³/mol. The van der Waals surface area contributed by atoms with Gasteiger partial charge < -0.3 is 10.6 Å². The Bertz CT molecular complexity index is 440. The van der Waals surface area contributed by atoms with E-state index < -0.39 is 0 Å². The second kappa shape index (κ2) is 5.01. The van der Waals surface area contributed by atoms with Crippen LogP contribution in [0.4, 0.5) is 5.69 Å². The maximum absolute atomic E-state index is 12.2. The first-order valence-electron chi connectivity index (χ1n) is 6.59. The first-order valence-corrected chi connectivity index (χ1v) is 6.59. The number of amides is 1. The monoisotopic (exact) mass is 246 g/mol. The smallest absolute Gasteiger partial charge is 0.253 e. The summed E-state index contributed by atoms with van der Waals surface area (Å²) in [6, 6.07) is 7.93. The highest BCUT2D eigenvalue weighted by Crippen LogP contribution is 2.37. The van der Waals surface area contributed by atoms with E-state index in [0.29, 0.717) is 11.5 Å².